The normalized spacial score (nSPS) is 12.4. The quantitative estimate of drug-likeness (QED) is 0.778. The Morgan fingerprint density at radius 2 is 2.29 bits per heavy atom. The summed E-state index contributed by atoms with van der Waals surface area (Å²) < 4.78 is 0. The molecule has 1 atom stereocenters. The molecule has 0 radical (unpaired) electrons. The van der Waals surface area contributed by atoms with Crippen LogP contribution in [0.2, 0.25) is 0 Å². The topological polar surface area (TPSA) is 55.1 Å². The Hall–Kier alpha value is -0.940. The van der Waals surface area contributed by atoms with Crippen molar-refractivity contribution in [3.05, 3.63) is 22.4 Å². The molecule has 3 N–H and O–H groups in total. The summed E-state index contributed by atoms with van der Waals surface area (Å²) in [5.41, 5.74) is 5.63. The standard InChI is InChI=1S/C12H18N2OS2/c1-8(2)6-10(12(13)16)14-11(15)7-9-4-3-5-17-9/h3-5,8,10H,6-7H2,1-2H3,(H2,13,16)(H,14,15). The first kappa shape index (κ1) is 14.1. The maximum atomic E-state index is 11.8. The van der Waals surface area contributed by atoms with E-state index in [-0.39, 0.29) is 11.9 Å². The third kappa shape index (κ3) is 5.28. The van der Waals surface area contributed by atoms with Crippen molar-refractivity contribution < 1.29 is 4.79 Å². The highest BCUT2D eigenvalue weighted by molar-refractivity contribution is 7.80. The van der Waals surface area contributed by atoms with Crippen molar-refractivity contribution >= 4 is 34.5 Å². The molecule has 1 heterocycles. The average Bonchev–Trinajstić information content (AvgIpc) is 2.68. The zero-order valence-electron chi connectivity index (χ0n) is 10.1. The lowest BCUT2D eigenvalue weighted by atomic mass is 10.0. The van der Waals surface area contributed by atoms with Gasteiger partial charge in [0.2, 0.25) is 5.91 Å². The molecular weight excluding hydrogens is 252 g/mol. The Labute approximate surface area is 111 Å². The van der Waals surface area contributed by atoms with Gasteiger partial charge in [0.25, 0.3) is 0 Å². The van der Waals surface area contributed by atoms with E-state index in [4.69, 9.17) is 18.0 Å². The molecular formula is C12H18N2OS2. The van der Waals surface area contributed by atoms with Gasteiger partial charge in [-0.25, -0.2) is 0 Å². The van der Waals surface area contributed by atoms with Crippen LogP contribution in [0.25, 0.3) is 0 Å². The van der Waals surface area contributed by atoms with E-state index in [1.54, 1.807) is 11.3 Å². The summed E-state index contributed by atoms with van der Waals surface area (Å²) in [6, 6.07) is 3.69. The van der Waals surface area contributed by atoms with Crippen molar-refractivity contribution in [1.82, 2.24) is 5.32 Å². The summed E-state index contributed by atoms with van der Waals surface area (Å²) in [7, 11) is 0. The van der Waals surface area contributed by atoms with E-state index in [1.165, 1.54) is 0 Å². The second-order valence-corrected chi connectivity index (χ2v) is 5.91. The van der Waals surface area contributed by atoms with Crippen LogP contribution in [0.5, 0.6) is 0 Å². The molecule has 1 amide bonds. The Bertz CT molecular complexity index is 374. The van der Waals surface area contributed by atoms with E-state index < -0.39 is 0 Å². The van der Waals surface area contributed by atoms with Gasteiger partial charge in [0.15, 0.2) is 0 Å². The molecule has 0 bridgehead atoms. The van der Waals surface area contributed by atoms with E-state index in [9.17, 15) is 4.79 Å². The fraction of sp³-hybridized carbons (Fsp3) is 0.500. The van der Waals surface area contributed by atoms with Crippen LogP contribution in [0.3, 0.4) is 0 Å². The lowest BCUT2D eigenvalue weighted by molar-refractivity contribution is -0.120. The third-order valence-electron chi connectivity index (χ3n) is 2.30. The van der Waals surface area contributed by atoms with Crippen LogP contribution < -0.4 is 11.1 Å². The molecule has 1 aromatic heterocycles. The molecule has 17 heavy (non-hydrogen) atoms. The molecule has 1 aromatic rings. The van der Waals surface area contributed by atoms with Gasteiger partial charge in [-0.15, -0.1) is 11.3 Å². The number of carbonyl (C=O) groups excluding carboxylic acids is 1. The highest BCUT2D eigenvalue weighted by Gasteiger charge is 2.16. The Kier molecular flexibility index (Phi) is 5.58. The van der Waals surface area contributed by atoms with E-state index in [0.717, 1.165) is 11.3 Å². The first-order valence-corrected chi connectivity index (χ1v) is 6.89. The van der Waals surface area contributed by atoms with Crippen molar-refractivity contribution in [3.8, 4) is 0 Å². The fourth-order valence-electron chi connectivity index (χ4n) is 1.53. The molecule has 0 spiro atoms. The molecule has 0 aliphatic heterocycles. The smallest absolute Gasteiger partial charge is 0.225 e. The highest BCUT2D eigenvalue weighted by atomic mass is 32.1. The van der Waals surface area contributed by atoms with Crippen molar-refractivity contribution in [2.75, 3.05) is 0 Å². The van der Waals surface area contributed by atoms with Gasteiger partial charge in [-0.1, -0.05) is 32.1 Å². The summed E-state index contributed by atoms with van der Waals surface area (Å²) in [6.07, 6.45) is 1.18. The number of carbonyl (C=O) groups is 1. The molecule has 0 aliphatic carbocycles. The Morgan fingerprint density at radius 1 is 1.59 bits per heavy atom. The number of thiocarbonyl (C=S) groups is 1. The molecule has 0 saturated heterocycles. The molecule has 5 heteroatoms. The minimum atomic E-state index is -0.197. The van der Waals surface area contributed by atoms with Crippen LogP contribution in [-0.2, 0) is 11.2 Å². The van der Waals surface area contributed by atoms with Gasteiger partial charge in [0, 0.05) is 4.88 Å². The SMILES string of the molecule is CC(C)CC(NC(=O)Cc1cccs1)C(N)=S. The molecule has 1 rings (SSSR count). The summed E-state index contributed by atoms with van der Waals surface area (Å²) in [5.74, 6) is 0.425. The molecule has 0 fully saturated rings. The first-order valence-electron chi connectivity index (χ1n) is 5.60. The number of nitrogens with one attached hydrogen (secondary N) is 1. The molecule has 94 valence electrons. The van der Waals surface area contributed by atoms with Crippen LogP contribution in [0.1, 0.15) is 25.1 Å². The van der Waals surface area contributed by atoms with Gasteiger partial charge in [-0.2, -0.15) is 0 Å². The predicted octanol–water partition coefficient (Wildman–Crippen LogP) is 2.11. The Morgan fingerprint density at radius 3 is 2.76 bits per heavy atom. The lowest BCUT2D eigenvalue weighted by Gasteiger charge is -2.19. The second-order valence-electron chi connectivity index (χ2n) is 4.41. The maximum absolute atomic E-state index is 11.8. The van der Waals surface area contributed by atoms with E-state index in [1.807, 2.05) is 17.5 Å². The van der Waals surface area contributed by atoms with Gasteiger partial charge in [0.1, 0.15) is 0 Å². The average molecular weight is 270 g/mol. The van der Waals surface area contributed by atoms with E-state index >= 15 is 0 Å². The molecule has 0 saturated carbocycles. The summed E-state index contributed by atoms with van der Waals surface area (Å²) in [5, 5.41) is 4.85. The van der Waals surface area contributed by atoms with Crippen LogP contribution in [0, 0.1) is 5.92 Å². The van der Waals surface area contributed by atoms with Crippen molar-refractivity contribution in [2.24, 2.45) is 11.7 Å². The van der Waals surface area contributed by atoms with Crippen LogP contribution >= 0.6 is 23.6 Å². The zero-order chi connectivity index (χ0) is 12.8. The van der Waals surface area contributed by atoms with E-state index in [0.29, 0.717) is 17.3 Å². The number of rotatable bonds is 6. The van der Waals surface area contributed by atoms with Crippen molar-refractivity contribution in [2.45, 2.75) is 32.7 Å². The summed E-state index contributed by atoms with van der Waals surface area (Å²) in [6.45, 7) is 4.16. The number of hydrogen-bond acceptors (Lipinski definition) is 3. The molecule has 0 aliphatic rings. The summed E-state index contributed by atoms with van der Waals surface area (Å²) in [4.78, 5) is 13.2. The van der Waals surface area contributed by atoms with Crippen molar-refractivity contribution in [3.63, 3.8) is 0 Å². The molecule has 0 aromatic carbocycles. The van der Waals surface area contributed by atoms with Gasteiger partial charge >= 0.3 is 0 Å². The first-order chi connectivity index (χ1) is 7.99. The minimum Gasteiger partial charge on any atom is -0.392 e. The van der Waals surface area contributed by atoms with Crippen LogP contribution in [-0.4, -0.2) is 16.9 Å². The zero-order valence-corrected chi connectivity index (χ0v) is 11.7. The van der Waals surface area contributed by atoms with Gasteiger partial charge in [-0.3, -0.25) is 4.79 Å². The number of thiophene rings is 1. The predicted molar refractivity (Wildman–Crippen MR) is 76.2 cm³/mol. The van der Waals surface area contributed by atoms with E-state index in [2.05, 4.69) is 19.2 Å². The third-order valence-corrected chi connectivity index (χ3v) is 3.46. The van der Waals surface area contributed by atoms with Crippen molar-refractivity contribution in [1.29, 1.82) is 0 Å². The summed E-state index contributed by atoms with van der Waals surface area (Å²) >= 11 is 6.54. The fourth-order valence-corrected chi connectivity index (χ4v) is 2.39. The molecule has 1 unspecified atom stereocenters. The van der Waals surface area contributed by atoms with Gasteiger partial charge in [-0.05, 0) is 23.8 Å². The monoisotopic (exact) mass is 270 g/mol. The number of nitrogens with two attached hydrogens (primary N) is 1. The minimum absolute atomic E-state index is 0.0223. The maximum Gasteiger partial charge on any atom is 0.225 e. The highest BCUT2D eigenvalue weighted by Crippen LogP contribution is 2.10. The van der Waals surface area contributed by atoms with Gasteiger partial charge < -0.3 is 11.1 Å². The number of hydrogen-bond donors (Lipinski definition) is 2. The number of amides is 1. The molecule has 3 nitrogen and oxygen atoms in total. The van der Waals surface area contributed by atoms with Gasteiger partial charge in [0.05, 0.1) is 17.5 Å². The second kappa shape index (κ2) is 6.71. The lowest BCUT2D eigenvalue weighted by Crippen LogP contribution is -2.44. The Balaban J connectivity index is 2.49. The van der Waals surface area contributed by atoms with Crippen LogP contribution in [0.4, 0.5) is 0 Å². The van der Waals surface area contributed by atoms with Crippen LogP contribution in [0.15, 0.2) is 17.5 Å². The largest absolute Gasteiger partial charge is 0.392 e.